The van der Waals surface area contributed by atoms with Gasteiger partial charge in [0.05, 0.1) is 6.20 Å². The van der Waals surface area contributed by atoms with E-state index in [1.807, 2.05) is 6.20 Å². The minimum absolute atomic E-state index is 0.528. The molecule has 0 saturated carbocycles. The number of rotatable bonds is 12. The van der Waals surface area contributed by atoms with Crippen molar-refractivity contribution in [3.63, 3.8) is 0 Å². The van der Waals surface area contributed by atoms with Gasteiger partial charge in [-0.25, -0.2) is 0 Å². The molecule has 1 aromatic rings. The molecule has 0 bridgehead atoms. The maximum Gasteiger partial charge on any atom is 0.0537 e. The fourth-order valence-electron chi connectivity index (χ4n) is 2.59. The number of hydrogen-bond acceptors (Lipinski definition) is 2. The lowest BCUT2D eigenvalue weighted by atomic mass is 10.1. The maximum absolute atomic E-state index is 4.53. The summed E-state index contributed by atoms with van der Waals surface area (Å²) in [5.41, 5.74) is 2.66. The van der Waals surface area contributed by atoms with Crippen LogP contribution >= 0.6 is 0 Å². The fourth-order valence-corrected chi connectivity index (χ4v) is 2.59. The van der Waals surface area contributed by atoms with E-state index in [9.17, 15) is 0 Å². The van der Waals surface area contributed by atoms with E-state index in [0.717, 1.165) is 13.1 Å². The van der Waals surface area contributed by atoms with Gasteiger partial charge in [-0.1, -0.05) is 65.7 Å². The standard InChI is InChI=1S/C18H35N3/c1-5-6-7-8-9-10-11-12-13-21-17(4)18(15-20-21)14-19-16(2)3/h15-16,19H,5-14H2,1-4H3. The van der Waals surface area contributed by atoms with Crippen molar-refractivity contribution in [2.75, 3.05) is 0 Å². The Morgan fingerprint density at radius 3 is 2.29 bits per heavy atom. The fraction of sp³-hybridized carbons (Fsp3) is 0.833. The van der Waals surface area contributed by atoms with Crippen LogP contribution in [0.2, 0.25) is 0 Å². The summed E-state index contributed by atoms with van der Waals surface area (Å²) >= 11 is 0. The first kappa shape index (κ1) is 18.2. The Morgan fingerprint density at radius 2 is 1.67 bits per heavy atom. The van der Waals surface area contributed by atoms with E-state index < -0.39 is 0 Å². The van der Waals surface area contributed by atoms with Gasteiger partial charge in [0.2, 0.25) is 0 Å². The molecule has 1 heterocycles. The summed E-state index contributed by atoms with van der Waals surface area (Å²) in [5, 5.41) is 7.99. The molecule has 0 unspecified atom stereocenters. The Balaban J connectivity index is 2.15. The van der Waals surface area contributed by atoms with Crippen molar-refractivity contribution in [3.8, 4) is 0 Å². The van der Waals surface area contributed by atoms with Gasteiger partial charge in [0.1, 0.15) is 0 Å². The van der Waals surface area contributed by atoms with Crippen molar-refractivity contribution < 1.29 is 0 Å². The number of aromatic nitrogens is 2. The van der Waals surface area contributed by atoms with Crippen LogP contribution in [0, 0.1) is 6.92 Å². The average Bonchev–Trinajstić information content (AvgIpc) is 2.80. The molecule has 1 aromatic heterocycles. The van der Waals surface area contributed by atoms with Crippen LogP contribution in [0.15, 0.2) is 6.20 Å². The normalized spacial score (nSPS) is 11.5. The molecule has 0 amide bonds. The van der Waals surface area contributed by atoms with Crippen LogP contribution in [0.25, 0.3) is 0 Å². The smallest absolute Gasteiger partial charge is 0.0537 e. The van der Waals surface area contributed by atoms with Crippen LogP contribution in [-0.4, -0.2) is 15.8 Å². The zero-order chi connectivity index (χ0) is 15.5. The molecule has 0 atom stereocenters. The van der Waals surface area contributed by atoms with Gasteiger partial charge in [0, 0.05) is 30.4 Å². The predicted octanol–water partition coefficient (Wildman–Crippen LogP) is 4.83. The molecule has 0 spiro atoms. The number of nitrogens with one attached hydrogen (secondary N) is 1. The predicted molar refractivity (Wildman–Crippen MR) is 91.5 cm³/mol. The largest absolute Gasteiger partial charge is 0.310 e. The second kappa shape index (κ2) is 10.8. The van der Waals surface area contributed by atoms with E-state index in [-0.39, 0.29) is 0 Å². The molecule has 3 heteroatoms. The Hall–Kier alpha value is -0.830. The quantitative estimate of drug-likeness (QED) is 0.559. The summed E-state index contributed by atoms with van der Waals surface area (Å²) in [7, 11) is 0. The summed E-state index contributed by atoms with van der Waals surface area (Å²) < 4.78 is 2.18. The molecule has 0 saturated heterocycles. The minimum atomic E-state index is 0.528. The topological polar surface area (TPSA) is 29.9 Å². The Labute approximate surface area is 131 Å². The summed E-state index contributed by atoms with van der Waals surface area (Å²) in [6.45, 7) is 10.8. The van der Waals surface area contributed by atoms with Gasteiger partial charge in [0.25, 0.3) is 0 Å². The Kier molecular flexibility index (Phi) is 9.40. The molecule has 0 aliphatic carbocycles. The molecule has 0 aliphatic heterocycles. The number of aryl methyl sites for hydroxylation is 1. The first-order valence-corrected chi connectivity index (χ1v) is 8.89. The number of nitrogens with zero attached hydrogens (tertiary/aromatic N) is 2. The van der Waals surface area contributed by atoms with Crippen LogP contribution in [0.4, 0.5) is 0 Å². The molecule has 0 aliphatic rings. The molecule has 1 rings (SSSR count). The average molecular weight is 293 g/mol. The lowest BCUT2D eigenvalue weighted by Crippen LogP contribution is -2.22. The molecule has 3 nitrogen and oxygen atoms in total. The zero-order valence-corrected chi connectivity index (χ0v) is 14.6. The van der Waals surface area contributed by atoms with Crippen LogP contribution in [0.3, 0.4) is 0 Å². The summed E-state index contributed by atoms with van der Waals surface area (Å²) in [6.07, 6.45) is 13.0. The highest BCUT2D eigenvalue weighted by atomic mass is 15.3. The van der Waals surface area contributed by atoms with Gasteiger partial charge in [-0.15, -0.1) is 0 Å². The van der Waals surface area contributed by atoms with E-state index in [4.69, 9.17) is 0 Å². The van der Waals surface area contributed by atoms with E-state index in [1.54, 1.807) is 0 Å². The molecule has 1 N–H and O–H groups in total. The van der Waals surface area contributed by atoms with E-state index in [2.05, 4.69) is 42.8 Å². The van der Waals surface area contributed by atoms with Gasteiger partial charge in [-0.3, -0.25) is 4.68 Å². The molecule has 0 fully saturated rings. The van der Waals surface area contributed by atoms with Gasteiger partial charge < -0.3 is 5.32 Å². The zero-order valence-electron chi connectivity index (χ0n) is 14.6. The molecule has 21 heavy (non-hydrogen) atoms. The van der Waals surface area contributed by atoms with Gasteiger partial charge in [0.15, 0.2) is 0 Å². The maximum atomic E-state index is 4.53. The molecule has 0 aromatic carbocycles. The highest BCUT2D eigenvalue weighted by Crippen LogP contribution is 2.11. The van der Waals surface area contributed by atoms with E-state index >= 15 is 0 Å². The first-order chi connectivity index (χ1) is 10.1. The second-order valence-corrected chi connectivity index (χ2v) is 6.49. The Morgan fingerprint density at radius 1 is 1.05 bits per heavy atom. The highest BCUT2D eigenvalue weighted by Gasteiger charge is 2.06. The lowest BCUT2D eigenvalue weighted by Gasteiger charge is -2.08. The minimum Gasteiger partial charge on any atom is -0.310 e. The van der Waals surface area contributed by atoms with Crippen molar-refractivity contribution in [3.05, 3.63) is 17.5 Å². The number of unbranched alkanes of at least 4 members (excludes halogenated alkanes) is 7. The molecular weight excluding hydrogens is 258 g/mol. The van der Waals surface area contributed by atoms with Crippen molar-refractivity contribution in [1.82, 2.24) is 15.1 Å². The highest BCUT2D eigenvalue weighted by molar-refractivity contribution is 5.15. The summed E-state index contributed by atoms with van der Waals surface area (Å²) in [5.74, 6) is 0. The first-order valence-electron chi connectivity index (χ1n) is 8.89. The SMILES string of the molecule is CCCCCCCCCCn1ncc(CNC(C)C)c1C. The van der Waals surface area contributed by atoms with E-state index in [0.29, 0.717) is 6.04 Å². The monoisotopic (exact) mass is 293 g/mol. The van der Waals surface area contributed by atoms with Crippen LogP contribution < -0.4 is 5.32 Å². The van der Waals surface area contributed by atoms with Gasteiger partial charge >= 0.3 is 0 Å². The summed E-state index contributed by atoms with van der Waals surface area (Å²) in [6, 6.07) is 0.528. The van der Waals surface area contributed by atoms with Crippen molar-refractivity contribution in [2.24, 2.45) is 0 Å². The number of hydrogen-bond donors (Lipinski definition) is 1. The Bertz CT molecular complexity index is 369. The van der Waals surface area contributed by atoms with Gasteiger partial charge in [-0.2, -0.15) is 5.10 Å². The van der Waals surface area contributed by atoms with Crippen LogP contribution in [-0.2, 0) is 13.1 Å². The molecule has 122 valence electrons. The molecular formula is C18H35N3. The second-order valence-electron chi connectivity index (χ2n) is 6.49. The van der Waals surface area contributed by atoms with Crippen LogP contribution in [0.5, 0.6) is 0 Å². The van der Waals surface area contributed by atoms with Crippen molar-refractivity contribution in [1.29, 1.82) is 0 Å². The van der Waals surface area contributed by atoms with Crippen molar-refractivity contribution in [2.45, 2.75) is 98.2 Å². The van der Waals surface area contributed by atoms with E-state index in [1.165, 1.54) is 62.6 Å². The third-order valence-corrected chi connectivity index (χ3v) is 4.13. The summed E-state index contributed by atoms with van der Waals surface area (Å²) in [4.78, 5) is 0. The third kappa shape index (κ3) is 7.66. The van der Waals surface area contributed by atoms with Crippen LogP contribution in [0.1, 0.15) is 83.4 Å². The van der Waals surface area contributed by atoms with Crippen molar-refractivity contribution >= 4 is 0 Å². The molecule has 0 radical (unpaired) electrons. The third-order valence-electron chi connectivity index (χ3n) is 4.13. The lowest BCUT2D eigenvalue weighted by molar-refractivity contribution is 0.512. The van der Waals surface area contributed by atoms with Gasteiger partial charge in [-0.05, 0) is 13.3 Å².